The Balaban J connectivity index is 2.55. The minimum Gasteiger partial charge on any atom is -0.331 e. The van der Waals surface area contributed by atoms with Crippen molar-refractivity contribution in [3.8, 4) is 0 Å². The van der Waals surface area contributed by atoms with Crippen LogP contribution in [-0.4, -0.2) is 35.1 Å². The van der Waals surface area contributed by atoms with Crippen LogP contribution in [0.4, 0.5) is 0 Å². The summed E-state index contributed by atoms with van der Waals surface area (Å²) in [6.45, 7) is 3.28. The van der Waals surface area contributed by atoms with Crippen LogP contribution in [0.3, 0.4) is 0 Å². The maximum absolute atomic E-state index is 5.81. The van der Waals surface area contributed by atoms with Crippen molar-refractivity contribution in [2.45, 2.75) is 25.3 Å². The predicted octanol–water partition coefficient (Wildman–Crippen LogP) is 2.13. The van der Waals surface area contributed by atoms with Gasteiger partial charge in [-0.15, -0.1) is 11.6 Å². The van der Waals surface area contributed by atoms with Crippen LogP contribution in [-0.2, 0) is 5.88 Å². The molecule has 0 aliphatic rings. The van der Waals surface area contributed by atoms with Crippen molar-refractivity contribution < 1.29 is 0 Å². The van der Waals surface area contributed by atoms with E-state index in [1.54, 1.807) is 0 Å². The Hall–Kier alpha value is -0.540. The van der Waals surface area contributed by atoms with Crippen molar-refractivity contribution in [1.82, 2.24) is 14.5 Å². The van der Waals surface area contributed by atoms with Gasteiger partial charge in [0.15, 0.2) is 0 Å². The lowest BCUT2D eigenvalue weighted by molar-refractivity contribution is 0.355. The Morgan fingerprint density at radius 1 is 1.57 bits per heavy atom. The van der Waals surface area contributed by atoms with Crippen LogP contribution in [0.15, 0.2) is 12.5 Å². The second-order valence-corrected chi connectivity index (χ2v) is 4.13. The minimum absolute atomic E-state index is 0.466. The molecule has 0 saturated heterocycles. The van der Waals surface area contributed by atoms with Crippen molar-refractivity contribution in [3.05, 3.63) is 18.2 Å². The van der Waals surface area contributed by atoms with Gasteiger partial charge in [0.1, 0.15) is 0 Å². The number of halogens is 1. The number of hydrogen-bond donors (Lipinski definition) is 0. The monoisotopic (exact) mass is 215 g/mol. The molecule has 0 N–H and O–H groups in total. The Labute approximate surface area is 90.7 Å². The maximum atomic E-state index is 5.81. The van der Waals surface area contributed by atoms with Gasteiger partial charge in [-0.1, -0.05) is 0 Å². The van der Waals surface area contributed by atoms with Gasteiger partial charge in [0, 0.05) is 12.2 Å². The van der Waals surface area contributed by atoms with Crippen LogP contribution in [0.1, 0.15) is 25.1 Å². The average Bonchev–Trinajstić information content (AvgIpc) is 2.61. The average molecular weight is 216 g/mol. The van der Waals surface area contributed by atoms with E-state index >= 15 is 0 Å². The van der Waals surface area contributed by atoms with Crippen LogP contribution >= 0.6 is 11.6 Å². The molecule has 0 fully saturated rings. The molecule has 1 atom stereocenters. The van der Waals surface area contributed by atoms with Crippen LogP contribution in [0.25, 0.3) is 0 Å². The summed E-state index contributed by atoms with van der Waals surface area (Å²) in [6, 6.07) is 0.466. The van der Waals surface area contributed by atoms with Crippen LogP contribution in [0.5, 0.6) is 0 Å². The lowest BCUT2D eigenvalue weighted by atomic mass is 10.2. The standard InChI is InChI=1S/C10H18ClN3/c1-9(4-5-13(2)3)14-8-12-7-10(14)6-11/h7-9H,4-6H2,1-3H3. The first-order valence-corrected chi connectivity index (χ1v) is 5.40. The van der Waals surface area contributed by atoms with Gasteiger partial charge in [0.05, 0.1) is 17.9 Å². The van der Waals surface area contributed by atoms with E-state index < -0.39 is 0 Å². The predicted molar refractivity (Wildman–Crippen MR) is 59.7 cm³/mol. The molecule has 1 rings (SSSR count). The molecule has 1 aromatic rings. The van der Waals surface area contributed by atoms with Gasteiger partial charge in [-0.3, -0.25) is 0 Å². The Bertz CT molecular complexity index is 270. The second kappa shape index (κ2) is 5.37. The van der Waals surface area contributed by atoms with E-state index in [1.807, 2.05) is 12.5 Å². The minimum atomic E-state index is 0.466. The molecule has 1 unspecified atom stereocenters. The van der Waals surface area contributed by atoms with E-state index in [-0.39, 0.29) is 0 Å². The number of imidazole rings is 1. The fourth-order valence-corrected chi connectivity index (χ4v) is 1.62. The molecular weight excluding hydrogens is 198 g/mol. The summed E-state index contributed by atoms with van der Waals surface area (Å²) in [7, 11) is 4.17. The molecule has 0 amide bonds. The van der Waals surface area contributed by atoms with Gasteiger partial charge >= 0.3 is 0 Å². The fourth-order valence-electron chi connectivity index (χ4n) is 1.42. The van der Waals surface area contributed by atoms with E-state index in [1.165, 1.54) is 0 Å². The lowest BCUT2D eigenvalue weighted by Crippen LogP contribution is -2.17. The second-order valence-electron chi connectivity index (χ2n) is 3.87. The molecule has 1 aromatic heterocycles. The van der Waals surface area contributed by atoms with Gasteiger partial charge in [-0.2, -0.15) is 0 Å². The SMILES string of the molecule is CC(CCN(C)C)n1cncc1CCl. The van der Waals surface area contributed by atoms with E-state index in [0.29, 0.717) is 11.9 Å². The van der Waals surface area contributed by atoms with Crippen molar-refractivity contribution >= 4 is 11.6 Å². The molecular formula is C10H18ClN3. The summed E-state index contributed by atoms with van der Waals surface area (Å²) in [5.74, 6) is 0.534. The number of rotatable bonds is 5. The Kier molecular flexibility index (Phi) is 4.42. The van der Waals surface area contributed by atoms with Crippen LogP contribution in [0, 0.1) is 0 Å². The van der Waals surface area contributed by atoms with Crippen molar-refractivity contribution in [2.24, 2.45) is 0 Å². The number of nitrogens with zero attached hydrogens (tertiary/aromatic N) is 3. The summed E-state index contributed by atoms with van der Waals surface area (Å²) < 4.78 is 2.15. The highest BCUT2D eigenvalue weighted by molar-refractivity contribution is 6.16. The third kappa shape index (κ3) is 3.00. The zero-order chi connectivity index (χ0) is 10.6. The summed E-state index contributed by atoms with van der Waals surface area (Å²) >= 11 is 5.81. The van der Waals surface area contributed by atoms with Crippen LogP contribution < -0.4 is 0 Å². The van der Waals surface area contributed by atoms with E-state index in [4.69, 9.17) is 11.6 Å². The maximum Gasteiger partial charge on any atom is 0.0951 e. The van der Waals surface area contributed by atoms with Crippen molar-refractivity contribution in [2.75, 3.05) is 20.6 Å². The van der Waals surface area contributed by atoms with Gasteiger partial charge in [-0.05, 0) is 34.0 Å². The number of alkyl halides is 1. The van der Waals surface area contributed by atoms with Crippen LogP contribution in [0.2, 0.25) is 0 Å². The molecule has 0 aliphatic carbocycles. The highest BCUT2D eigenvalue weighted by atomic mass is 35.5. The summed E-state index contributed by atoms with van der Waals surface area (Å²) in [5.41, 5.74) is 1.10. The largest absolute Gasteiger partial charge is 0.331 e. The molecule has 3 nitrogen and oxygen atoms in total. The highest BCUT2D eigenvalue weighted by Crippen LogP contribution is 2.15. The van der Waals surface area contributed by atoms with Gasteiger partial charge in [0.25, 0.3) is 0 Å². The molecule has 0 spiro atoms. The number of aromatic nitrogens is 2. The smallest absolute Gasteiger partial charge is 0.0951 e. The van der Waals surface area contributed by atoms with Gasteiger partial charge in [-0.25, -0.2) is 4.98 Å². The molecule has 80 valence electrons. The third-order valence-corrected chi connectivity index (χ3v) is 2.63. The first-order valence-electron chi connectivity index (χ1n) is 4.86. The first kappa shape index (κ1) is 11.5. The van der Waals surface area contributed by atoms with Gasteiger partial charge < -0.3 is 9.47 Å². The number of hydrogen-bond acceptors (Lipinski definition) is 2. The third-order valence-electron chi connectivity index (χ3n) is 2.35. The fraction of sp³-hybridized carbons (Fsp3) is 0.700. The van der Waals surface area contributed by atoms with Crippen molar-refractivity contribution in [3.63, 3.8) is 0 Å². The topological polar surface area (TPSA) is 21.1 Å². The van der Waals surface area contributed by atoms with E-state index in [2.05, 4.69) is 35.5 Å². The summed E-state index contributed by atoms with van der Waals surface area (Å²) in [5, 5.41) is 0. The molecule has 0 radical (unpaired) electrons. The normalized spacial score (nSPS) is 13.5. The quantitative estimate of drug-likeness (QED) is 0.702. The highest BCUT2D eigenvalue weighted by Gasteiger charge is 2.08. The van der Waals surface area contributed by atoms with E-state index in [9.17, 15) is 0 Å². The Morgan fingerprint density at radius 3 is 2.86 bits per heavy atom. The summed E-state index contributed by atoms with van der Waals surface area (Å²) in [6.07, 6.45) is 4.81. The van der Waals surface area contributed by atoms with Gasteiger partial charge in [0.2, 0.25) is 0 Å². The molecule has 0 bridgehead atoms. The molecule has 0 aromatic carbocycles. The van der Waals surface area contributed by atoms with Crippen molar-refractivity contribution in [1.29, 1.82) is 0 Å². The zero-order valence-electron chi connectivity index (χ0n) is 9.07. The molecule has 4 heteroatoms. The summed E-state index contributed by atoms with van der Waals surface area (Å²) in [4.78, 5) is 6.29. The molecule has 1 heterocycles. The van der Waals surface area contributed by atoms with E-state index in [0.717, 1.165) is 18.7 Å². The Morgan fingerprint density at radius 2 is 2.29 bits per heavy atom. The first-order chi connectivity index (χ1) is 6.65. The molecule has 14 heavy (non-hydrogen) atoms. The zero-order valence-corrected chi connectivity index (χ0v) is 9.83. The lowest BCUT2D eigenvalue weighted by Gasteiger charge is -2.18. The molecule has 0 saturated carbocycles. The molecule has 0 aliphatic heterocycles.